The summed E-state index contributed by atoms with van der Waals surface area (Å²) in [5, 5.41) is 0. The third kappa shape index (κ3) is 3.83. The zero-order valence-electron chi connectivity index (χ0n) is 12.8. The lowest BCUT2D eigenvalue weighted by atomic mass is 9.92. The fourth-order valence-corrected chi connectivity index (χ4v) is 2.89. The molecule has 1 aromatic heterocycles. The van der Waals surface area contributed by atoms with Crippen molar-refractivity contribution in [3.05, 3.63) is 30.6 Å². The number of aromatic nitrogens is 2. The Kier molecular flexibility index (Phi) is 5.60. The monoisotopic (exact) mass is 273 g/mol. The van der Waals surface area contributed by atoms with Crippen LogP contribution in [-0.2, 0) is 6.54 Å². The molecule has 0 aliphatic rings. The molecule has 2 N–H and O–H groups in total. The Bertz CT molecular complexity index is 518. The van der Waals surface area contributed by atoms with Crippen LogP contribution in [0.4, 0.5) is 0 Å². The molecule has 20 heavy (non-hydrogen) atoms. The Morgan fingerprint density at radius 3 is 2.80 bits per heavy atom. The molecule has 1 aromatic carbocycles. The number of benzene rings is 1. The first-order chi connectivity index (χ1) is 9.74. The van der Waals surface area contributed by atoms with Crippen LogP contribution < -0.4 is 5.73 Å². The van der Waals surface area contributed by atoms with E-state index >= 15 is 0 Å². The smallest absolute Gasteiger partial charge is 0.0958 e. The van der Waals surface area contributed by atoms with Crippen LogP contribution in [0.3, 0.4) is 0 Å². The van der Waals surface area contributed by atoms with Crippen molar-refractivity contribution in [1.29, 1.82) is 0 Å². The van der Waals surface area contributed by atoms with Gasteiger partial charge in [-0.1, -0.05) is 51.7 Å². The van der Waals surface area contributed by atoms with Gasteiger partial charge in [-0.15, -0.1) is 0 Å². The summed E-state index contributed by atoms with van der Waals surface area (Å²) in [6.45, 7) is 5.40. The lowest BCUT2D eigenvalue weighted by molar-refractivity contribution is 0.366. The van der Waals surface area contributed by atoms with E-state index in [9.17, 15) is 0 Å². The summed E-state index contributed by atoms with van der Waals surface area (Å²) in [7, 11) is 0. The Morgan fingerprint density at radius 2 is 2.05 bits per heavy atom. The standard InChI is InChI=1S/C17H27N3/c1-3-5-8-14(4-2)11-15(18)12-20-13-19-16-9-6-7-10-17(16)20/h6-7,9-10,13-15H,3-5,8,11-12,18H2,1-2H3. The number of hydrogen-bond acceptors (Lipinski definition) is 2. The van der Waals surface area contributed by atoms with Gasteiger partial charge in [-0.25, -0.2) is 4.98 Å². The van der Waals surface area contributed by atoms with Gasteiger partial charge in [0, 0.05) is 12.6 Å². The predicted octanol–water partition coefficient (Wildman–Crippen LogP) is 3.97. The molecule has 2 atom stereocenters. The Balaban J connectivity index is 1.95. The molecule has 0 aliphatic carbocycles. The first-order valence-electron chi connectivity index (χ1n) is 7.90. The maximum Gasteiger partial charge on any atom is 0.0958 e. The van der Waals surface area contributed by atoms with Crippen molar-refractivity contribution in [2.45, 2.75) is 58.5 Å². The molecule has 3 nitrogen and oxygen atoms in total. The molecule has 3 heteroatoms. The minimum Gasteiger partial charge on any atom is -0.329 e. The normalized spacial score (nSPS) is 14.6. The number of imidazole rings is 1. The molecular formula is C17H27N3. The molecule has 110 valence electrons. The van der Waals surface area contributed by atoms with Crippen LogP contribution in [0.1, 0.15) is 46.0 Å². The molecule has 1 heterocycles. The first-order valence-corrected chi connectivity index (χ1v) is 7.90. The Hall–Kier alpha value is -1.35. The van der Waals surface area contributed by atoms with Gasteiger partial charge in [0.15, 0.2) is 0 Å². The highest BCUT2D eigenvalue weighted by molar-refractivity contribution is 5.74. The molecule has 2 aromatic rings. The van der Waals surface area contributed by atoms with Crippen LogP contribution in [-0.4, -0.2) is 15.6 Å². The summed E-state index contributed by atoms with van der Waals surface area (Å²) in [6.07, 6.45) is 8.17. The average molecular weight is 273 g/mol. The van der Waals surface area contributed by atoms with Crippen molar-refractivity contribution in [1.82, 2.24) is 9.55 Å². The molecule has 2 unspecified atom stereocenters. The number of unbranched alkanes of at least 4 members (excludes halogenated alkanes) is 1. The van der Waals surface area contributed by atoms with E-state index in [-0.39, 0.29) is 6.04 Å². The van der Waals surface area contributed by atoms with E-state index in [0.29, 0.717) is 0 Å². The van der Waals surface area contributed by atoms with E-state index in [1.165, 1.54) is 31.2 Å². The lowest BCUT2D eigenvalue weighted by Crippen LogP contribution is -2.28. The molecule has 0 bridgehead atoms. The molecular weight excluding hydrogens is 246 g/mol. The van der Waals surface area contributed by atoms with E-state index in [1.807, 2.05) is 18.5 Å². The number of hydrogen-bond donors (Lipinski definition) is 1. The SMILES string of the molecule is CCCCC(CC)CC(N)Cn1cnc2ccccc21. The molecule has 0 fully saturated rings. The maximum absolute atomic E-state index is 6.36. The van der Waals surface area contributed by atoms with Crippen LogP contribution >= 0.6 is 0 Å². The maximum atomic E-state index is 6.36. The predicted molar refractivity (Wildman–Crippen MR) is 85.6 cm³/mol. The highest BCUT2D eigenvalue weighted by atomic mass is 15.1. The summed E-state index contributed by atoms with van der Waals surface area (Å²) < 4.78 is 2.19. The van der Waals surface area contributed by atoms with Gasteiger partial charge in [-0.2, -0.15) is 0 Å². The fraction of sp³-hybridized carbons (Fsp3) is 0.588. The molecule has 0 saturated carbocycles. The minimum atomic E-state index is 0.217. The van der Waals surface area contributed by atoms with Crippen molar-refractivity contribution in [3.8, 4) is 0 Å². The van der Waals surface area contributed by atoms with Crippen LogP contribution in [0.15, 0.2) is 30.6 Å². The second-order valence-electron chi connectivity index (χ2n) is 5.80. The highest BCUT2D eigenvalue weighted by Gasteiger charge is 2.13. The zero-order valence-corrected chi connectivity index (χ0v) is 12.8. The number of rotatable bonds is 8. The fourth-order valence-electron chi connectivity index (χ4n) is 2.89. The largest absolute Gasteiger partial charge is 0.329 e. The van der Waals surface area contributed by atoms with Crippen LogP contribution in [0.25, 0.3) is 11.0 Å². The topological polar surface area (TPSA) is 43.8 Å². The third-order valence-electron chi connectivity index (χ3n) is 4.14. The van der Waals surface area contributed by atoms with Gasteiger partial charge >= 0.3 is 0 Å². The van der Waals surface area contributed by atoms with Crippen LogP contribution in [0.5, 0.6) is 0 Å². The molecule has 0 spiro atoms. The Labute approximate surface area is 122 Å². The molecule has 0 saturated heterocycles. The van der Waals surface area contributed by atoms with E-state index in [4.69, 9.17) is 5.73 Å². The summed E-state index contributed by atoms with van der Waals surface area (Å²) in [4.78, 5) is 4.43. The van der Waals surface area contributed by atoms with Crippen molar-refractivity contribution < 1.29 is 0 Å². The third-order valence-corrected chi connectivity index (χ3v) is 4.14. The molecule has 0 amide bonds. The number of para-hydroxylation sites is 2. The van der Waals surface area contributed by atoms with Gasteiger partial charge in [0.2, 0.25) is 0 Å². The number of nitrogens with zero attached hydrogens (tertiary/aromatic N) is 2. The van der Waals surface area contributed by atoms with Gasteiger partial charge < -0.3 is 10.3 Å². The van der Waals surface area contributed by atoms with Crippen LogP contribution in [0, 0.1) is 5.92 Å². The van der Waals surface area contributed by atoms with Crippen LogP contribution in [0.2, 0.25) is 0 Å². The summed E-state index contributed by atoms with van der Waals surface area (Å²) >= 11 is 0. The quantitative estimate of drug-likeness (QED) is 0.791. The second kappa shape index (κ2) is 7.44. The molecule has 0 aliphatic heterocycles. The van der Waals surface area contributed by atoms with Crippen molar-refractivity contribution in [2.24, 2.45) is 11.7 Å². The summed E-state index contributed by atoms with van der Waals surface area (Å²) in [5.41, 5.74) is 8.59. The summed E-state index contributed by atoms with van der Waals surface area (Å²) in [5.74, 6) is 0.764. The molecule has 2 rings (SSSR count). The number of nitrogens with two attached hydrogens (primary N) is 1. The van der Waals surface area contributed by atoms with Crippen molar-refractivity contribution >= 4 is 11.0 Å². The van der Waals surface area contributed by atoms with E-state index in [2.05, 4.69) is 35.5 Å². The zero-order chi connectivity index (χ0) is 14.4. The van der Waals surface area contributed by atoms with Gasteiger partial charge in [0.05, 0.1) is 17.4 Å². The first kappa shape index (κ1) is 15.0. The highest BCUT2D eigenvalue weighted by Crippen LogP contribution is 2.19. The van der Waals surface area contributed by atoms with E-state index in [1.54, 1.807) is 0 Å². The van der Waals surface area contributed by atoms with Crippen molar-refractivity contribution in [2.75, 3.05) is 0 Å². The summed E-state index contributed by atoms with van der Waals surface area (Å²) in [6, 6.07) is 8.46. The van der Waals surface area contributed by atoms with E-state index in [0.717, 1.165) is 24.4 Å². The van der Waals surface area contributed by atoms with Gasteiger partial charge in [0.1, 0.15) is 0 Å². The Morgan fingerprint density at radius 1 is 1.25 bits per heavy atom. The van der Waals surface area contributed by atoms with Crippen molar-refractivity contribution in [3.63, 3.8) is 0 Å². The van der Waals surface area contributed by atoms with E-state index < -0.39 is 0 Å². The second-order valence-corrected chi connectivity index (χ2v) is 5.80. The lowest BCUT2D eigenvalue weighted by Gasteiger charge is -2.20. The molecule has 0 radical (unpaired) electrons. The van der Waals surface area contributed by atoms with Gasteiger partial charge in [0.25, 0.3) is 0 Å². The minimum absolute atomic E-state index is 0.217. The van der Waals surface area contributed by atoms with Gasteiger partial charge in [-0.3, -0.25) is 0 Å². The number of fused-ring (bicyclic) bond motifs is 1. The van der Waals surface area contributed by atoms with Gasteiger partial charge in [-0.05, 0) is 24.5 Å². The average Bonchev–Trinajstić information content (AvgIpc) is 2.87.